The minimum absolute atomic E-state index is 0.220. The van der Waals surface area contributed by atoms with E-state index in [4.69, 9.17) is 5.73 Å². The molecule has 1 fully saturated rings. The highest BCUT2D eigenvalue weighted by Gasteiger charge is 2.20. The lowest BCUT2D eigenvalue weighted by Gasteiger charge is -2.14. The Balaban J connectivity index is 1.50. The van der Waals surface area contributed by atoms with Crippen LogP contribution in [0.2, 0.25) is 0 Å². The number of hydrogen-bond acceptors (Lipinski definition) is 7. The third-order valence-electron chi connectivity index (χ3n) is 4.77. The van der Waals surface area contributed by atoms with Gasteiger partial charge in [-0.25, -0.2) is 19.2 Å². The number of nitrogen functional groups attached to an aromatic ring is 1. The molecule has 0 spiro atoms. The fourth-order valence-electron chi connectivity index (χ4n) is 3.17. The van der Waals surface area contributed by atoms with Gasteiger partial charge in [0, 0.05) is 17.2 Å². The lowest BCUT2D eigenvalue weighted by Crippen LogP contribution is -2.23. The van der Waals surface area contributed by atoms with Gasteiger partial charge in [0.1, 0.15) is 17.9 Å². The molecular formula is C18H21N7O2S. The normalized spacial score (nSPS) is 16.8. The van der Waals surface area contributed by atoms with Crippen molar-refractivity contribution in [1.82, 2.24) is 19.5 Å². The number of carbonyl (C=O) groups excluding carboxylic acids is 1. The summed E-state index contributed by atoms with van der Waals surface area (Å²) in [5, 5.41) is 2.86. The first kappa shape index (κ1) is 18.4. The predicted octanol–water partition coefficient (Wildman–Crippen LogP) is 2.50. The van der Waals surface area contributed by atoms with Crippen molar-refractivity contribution in [2.24, 2.45) is 4.36 Å². The van der Waals surface area contributed by atoms with Crippen LogP contribution in [0.3, 0.4) is 0 Å². The second-order valence-electron chi connectivity index (χ2n) is 6.77. The van der Waals surface area contributed by atoms with E-state index in [9.17, 15) is 9.00 Å². The van der Waals surface area contributed by atoms with Crippen LogP contribution in [0.4, 0.5) is 17.2 Å². The Kier molecular flexibility index (Phi) is 4.71. The molecule has 1 amide bonds. The van der Waals surface area contributed by atoms with Gasteiger partial charge < -0.3 is 15.6 Å². The van der Waals surface area contributed by atoms with Crippen molar-refractivity contribution in [2.45, 2.75) is 25.8 Å². The topological polar surface area (TPSA) is 128 Å². The van der Waals surface area contributed by atoms with Gasteiger partial charge in [0.25, 0.3) is 0 Å². The highest BCUT2D eigenvalue weighted by Crippen LogP contribution is 2.24. The van der Waals surface area contributed by atoms with Crippen LogP contribution in [0.15, 0.2) is 41.3 Å². The summed E-state index contributed by atoms with van der Waals surface area (Å²) in [6, 6.07) is 6.51. The number of carbonyl (C=O) groups is 1. The molecule has 1 aromatic carbocycles. The van der Waals surface area contributed by atoms with Crippen LogP contribution in [-0.4, -0.2) is 41.1 Å². The number of nitrogens with zero attached hydrogens (tertiary/aromatic N) is 5. The number of imidazole rings is 1. The van der Waals surface area contributed by atoms with Crippen LogP contribution in [0.25, 0.3) is 11.2 Å². The molecule has 4 rings (SSSR count). The van der Waals surface area contributed by atoms with E-state index in [0.29, 0.717) is 34.0 Å². The van der Waals surface area contributed by atoms with Gasteiger partial charge in [-0.15, -0.1) is 0 Å². The molecule has 3 N–H and O–H groups in total. The molecule has 1 saturated heterocycles. The van der Waals surface area contributed by atoms with Crippen LogP contribution in [0.1, 0.15) is 25.8 Å². The van der Waals surface area contributed by atoms with Crippen LogP contribution in [0.5, 0.6) is 0 Å². The molecule has 1 atom stereocenters. The van der Waals surface area contributed by atoms with Gasteiger partial charge in [0.05, 0.1) is 21.7 Å². The molecule has 28 heavy (non-hydrogen) atoms. The van der Waals surface area contributed by atoms with Crippen LogP contribution in [0, 0.1) is 0 Å². The maximum Gasteiger partial charge on any atom is 0.247 e. The zero-order valence-electron chi connectivity index (χ0n) is 15.4. The molecule has 146 valence electrons. The number of nitrogens with one attached hydrogen (secondary N) is 1. The summed E-state index contributed by atoms with van der Waals surface area (Å²) in [7, 11) is -2.10. The van der Waals surface area contributed by atoms with Gasteiger partial charge in [0.2, 0.25) is 5.91 Å². The van der Waals surface area contributed by atoms with E-state index in [0.717, 1.165) is 12.8 Å². The summed E-state index contributed by atoms with van der Waals surface area (Å²) in [6.07, 6.45) is 4.81. The number of nitrogens with two attached hydrogens (primary N) is 1. The smallest absolute Gasteiger partial charge is 0.247 e. The SMILES string of the molecule is CC(C(=O)Nc1ccc(N=S2(=O)CCCC2)cc1)n1cnc2c(N)ncnc21. The molecule has 1 aliphatic rings. The van der Waals surface area contributed by atoms with Gasteiger partial charge in [0.15, 0.2) is 11.5 Å². The van der Waals surface area contributed by atoms with Gasteiger partial charge in [-0.05, 0) is 44.0 Å². The average molecular weight is 399 g/mol. The van der Waals surface area contributed by atoms with Crippen LogP contribution in [-0.2, 0) is 14.5 Å². The van der Waals surface area contributed by atoms with Crippen LogP contribution < -0.4 is 11.1 Å². The second kappa shape index (κ2) is 7.19. The largest absolute Gasteiger partial charge is 0.382 e. The van der Waals surface area contributed by atoms with Crippen molar-refractivity contribution in [1.29, 1.82) is 0 Å². The van der Waals surface area contributed by atoms with E-state index in [1.165, 1.54) is 12.7 Å². The van der Waals surface area contributed by atoms with Gasteiger partial charge in [-0.3, -0.25) is 4.79 Å². The molecule has 1 unspecified atom stereocenters. The first-order valence-corrected chi connectivity index (χ1v) is 10.9. The van der Waals surface area contributed by atoms with Gasteiger partial charge in [-0.2, -0.15) is 4.36 Å². The molecule has 1 aliphatic heterocycles. The van der Waals surface area contributed by atoms with Crippen molar-refractivity contribution >= 4 is 44.0 Å². The summed E-state index contributed by atoms with van der Waals surface area (Å²) < 4.78 is 18.6. The Labute approximate surface area is 162 Å². The zero-order valence-corrected chi connectivity index (χ0v) is 16.2. The average Bonchev–Trinajstić information content (AvgIpc) is 3.30. The minimum atomic E-state index is -2.10. The number of anilines is 2. The quantitative estimate of drug-likeness (QED) is 0.694. The summed E-state index contributed by atoms with van der Waals surface area (Å²) in [4.78, 5) is 24.9. The van der Waals surface area contributed by atoms with Crippen molar-refractivity contribution in [3.63, 3.8) is 0 Å². The summed E-state index contributed by atoms with van der Waals surface area (Å²) in [5.74, 6) is 1.38. The van der Waals surface area contributed by atoms with Gasteiger partial charge >= 0.3 is 0 Å². The molecule has 9 nitrogen and oxygen atoms in total. The highest BCUT2D eigenvalue weighted by molar-refractivity contribution is 7.93. The third kappa shape index (κ3) is 3.55. The summed E-state index contributed by atoms with van der Waals surface area (Å²) in [5.41, 5.74) is 8.07. The van der Waals surface area contributed by atoms with Crippen molar-refractivity contribution < 1.29 is 9.00 Å². The minimum Gasteiger partial charge on any atom is -0.382 e. The zero-order chi connectivity index (χ0) is 19.7. The van der Waals surface area contributed by atoms with Gasteiger partial charge in [-0.1, -0.05) is 0 Å². The number of amides is 1. The lowest BCUT2D eigenvalue weighted by atomic mass is 10.2. The molecule has 3 aromatic rings. The molecular weight excluding hydrogens is 378 g/mol. The highest BCUT2D eigenvalue weighted by atomic mass is 32.2. The third-order valence-corrected chi connectivity index (χ3v) is 7.16. The Bertz CT molecular complexity index is 1130. The van der Waals surface area contributed by atoms with E-state index in [1.807, 2.05) is 0 Å². The second-order valence-corrected chi connectivity index (χ2v) is 9.32. The predicted molar refractivity (Wildman–Crippen MR) is 109 cm³/mol. The Morgan fingerprint density at radius 1 is 1.21 bits per heavy atom. The maximum atomic E-state index is 12.7. The molecule has 0 bridgehead atoms. The van der Waals surface area contributed by atoms with Crippen molar-refractivity contribution in [3.8, 4) is 0 Å². The fraction of sp³-hybridized carbons (Fsp3) is 0.333. The van der Waals surface area contributed by atoms with Crippen molar-refractivity contribution in [3.05, 3.63) is 36.9 Å². The number of fused-ring (bicyclic) bond motifs is 1. The standard InChI is InChI=1S/C18H21N7O2S/c1-12(25-11-22-15-16(19)20-10-21-17(15)25)18(26)23-13-4-6-14(7-5-13)24-28(27)8-2-3-9-28/h4-7,10-12H,2-3,8-9H2,1H3,(H,23,26)(H2,19,20,21). The number of aromatic nitrogens is 4. The van der Waals surface area contributed by atoms with E-state index in [1.54, 1.807) is 35.8 Å². The molecule has 0 saturated carbocycles. The number of rotatable bonds is 4. The van der Waals surface area contributed by atoms with E-state index < -0.39 is 15.8 Å². The van der Waals surface area contributed by atoms with E-state index in [-0.39, 0.29) is 11.7 Å². The summed E-state index contributed by atoms with van der Waals surface area (Å²) >= 11 is 0. The first-order valence-electron chi connectivity index (χ1n) is 9.02. The summed E-state index contributed by atoms with van der Waals surface area (Å²) in [6.45, 7) is 1.75. The molecule has 3 heterocycles. The van der Waals surface area contributed by atoms with Crippen LogP contribution >= 0.6 is 0 Å². The maximum absolute atomic E-state index is 12.7. The lowest BCUT2D eigenvalue weighted by molar-refractivity contribution is -0.118. The Morgan fingerprint density at radius 2 is 1.93 bits per heavy atom. The molecule has 0 radical (unpaired) electrons. The molecule has 0 aliphatic carbocycles. The number of benzene rings is 1. The fourth-order valence-corrected chi connectivity index (χ4v) is 5.38. The van der Waals surface area contributed by atoms with E-state index >= 15 is 0 Å². The number of hydrogen-bond donors (Lipinski definition) is 2. The molecule has 10 heteroatoms. The molecule has 2 aromatic heterocycles. The Morgan fingerprint density at radius 3 is 2.64 bits per heavy atom. The van der Waals surface area contributed by atoms with E-state index in [2.05, 4.69) is 24.6 Å². The van der Waals surface area contributed by atoms with Crippen molar-refractivity contribution in [2.75, 3.05) is 22.6 Å². The monoisotopic (exact) mass is 399 g/mol. The Hall–Kier alpha value is -3.01. The first-order chi connectivity index (χ1) is 13.5.